The van der Waals surface area contributed by atoms with Crippen LogP contribution in [-0.2, 0) is 4.74 Å². The van der Waals surface area contributed by atoms with Crippen molar-refractivity contribution in [2.75, 3.05) is 13.2 Å². The average molecular weight is 300 g/mol. The van der Waals surface area contributed by atoms with Crippen LogP contribution in [0.1, 0.15) is 31.4 Å². The Bertz CT molecular complexity index is 378. The van der Waals surface area contributed by atoms with Gasteiger partial charge in [0, 0.05) is 6.61 Å². The molecule has 1 aromatic rings. The highest BCUT2D eigenvalue weighted by atomic mass is 79.9. The number of hydrogen-bond donors (Lipinski definition) is 1. The molecule has 1 aromatic carbocycles. The molecule has 0 radical (unpaired) electrons. The third-order valence-corrected chi connectivity index (χ3v) is 3.63. The van der Waals surface area contributed by atoms with Gasteiger partial charge in [-0.2, -0.15) is 0 Å². The molecule has 94 valence electrons. The fourth-order valence-corrected chi connectivity index (χ4v) is 2.61. The molecule has 1 saturated heterocycles. The predicted octanol–water partition coefficient (Wildman–Crippen LogP) is 3.03. The molecule has 2 atom stereocenters. The van der Waals surface area contributed by atoms with E-state index in [2.05, 4.69) is 15.9 Å². The normalized spacial score (nSPS) is 21.5. The molecule has 0 bridgehead atoms. The molecular formula is C13H18BrNO2. The zero-order chi connectivity index (χ0) is 12.3. The van der Waals surface area contributed by atoms with Crippen molar-refractivity contribution in [1.82, 2.24) is 0 Å². The van der Waals surface area contributed by atoms with Crippen LogP contribution < -0.4 is 10.5 Å². The van der Waals surface area contributed by atoms with Crippen LogP contribution in [0, 0.1) is 0 Å². The number of nitrogens with two attached hydrogens (primary N) is 1. The molecule has 4 heteroatoms. The first-order chi connectivity index (χ1) is 8.22. The van der Waals surface area contributed by atoms with Gasteiger partial charge in [-0.1, -0.05) is 6.07 Å². The lowest BCUT2D eigenvalue weighted by molar-refractivity contribution is 0.0900. The van der Waals surface area contributed by atoms with Crippen LogP contribution in [0.3, 0.4) is 0 Å². The van der Waals surface area contributed by atoms with E-state index in [0.29, 0.717) is 6.61 Å². The quantitative estimate of drug-likeness (QED) is 0.929. The SMILES string of the molecule is CCOc1ccc(C(N)C2CCCO2)cc1Br. The summed E-state index contributed by atoms with van der Waals surface area (Å²) in [6.07, 6.45) is 2.31. The molecule has 0 amide bonds. The number of rotatable bonds is 4. The van der Waals surface area contributed by atoms with Gasteiger partial charge in [0.1, 0.15) is 5.75 Å². The first-order valence-electron chi connectivity index (χ1n) is 6.01. The lowest BCUT2D eigenvalue weighted by atomic mass is 10.0. The topological polar surface area (TPSA) is 44.5 Å². The monoisotopic (exact) mass is 299 g/mol. The van der Waals surface area contributed by atoms with Crippen molar-refractivity contribution in [1.29, 1.82) is 0 Å². The van der Waals surface area contributed by atoms with Gasteiger partial charge < -0.3 is 15.2 Å². The minimum absolute atomic E-state index is 0.0514. The van der Waals surface area contributed by atoms with Gasteiger partial charge in [-0.05, 0) is 53.4 Å². The van der Waals surface area contributed by atoms with E-state index in [1.807, 2.05) is 25.1 Å². The largest absolute Gasteiger partial charge is 0.493 e. The Morgan fingerprint density at radius 1 is 1.59 bits per heavy atom. The molecule has 0 saturated carbocycles. The van der Waals surface area contributed by atoms with E-state index >= 15 is 0 Å². The summed E-state index contributed by atoms with van der Waals surface area (Å²) in [6, 6.07) is 5.95. The minimum Gasteiger partial charge on any atom is -0.493 e. The van der Waals surface area contributed by atoms with E-state index < -0.39 is 0 Å². The molecule has 17 heavy (non-hydrogen) atoms. The Hall–Kier alpha value is -0.580. The molecule has 2 N–H and O–H groups in total. The first kappa shape index (κ1) is 12.9. The highest BCUT2D eigenvalue weighted by molar-refractivity contribution is 9.10. The van der Waals surface area contributed by atoms with Crippen LogP contribution in [-0.4, -0.2) is 19.3 Å². The van der Waals surface area contributed by atoms with Crippen molar-refractivity contribution < 1.29 is 9.47 Å². The fraction of sp³-hybridized carbons (Fsp3) is 0.538. The maximum atomic E-state index is 6.21. The van der Waals surface area contributed by atoms with Crippen LogP contribution in [0.15, 0.2) is 22.7 Å². The molecule has 0 aliphatic carbocycles. The molecule has 1 aliphatic rings. The summed E-state index contributed by atoms with van der Waals surface area (Å²) in [6.45, 7) is 3.46. The molecular weight excluding hydrogens is 282 g/mol. The van der Waals surface area contributed by atoms with Crippen LogP contribution in [0.25, 0.3) is 0 Å². The molecule has 1 aliphatic heterocycles. The van der Waals surface area contributed by atoms with E-state index in [1.54, 1.807) is 0 Å². The Morgan fingerprint density at radius 3 is 3.00 bits per heavy atom. The molecule has 2 unspecified atom stereocenters. The smallest absolute Gasteiger partial charge is 0.133 e. The predicted molar refractivity (Wildman–Crippen MR) is 71.2 cm³/mol. The molecule has 0 aromatic heterocycles. The second kappa shape index (κ2) is 5.85. The van der Waals surface area contributed by atoms with Gasteiger partial charge in [0.25, 0.3) is 0 Å². The summed E-state index contributed by atoms with van der Waals surface area (Å²) in [5.74, 6) is 0.857. The van der Waals surface area contributed by atoms with Crippen molar-refractivity contribution in [3.63, 3.8) is 0 Å². The van der Waals surface area contributed by atoms with E-state index in [1.165, 1.54) is 0 Å². The zero-order valence-electron chi connectivity index (χ0n) is 9.99. The van der Waals surface area contributed by atoms with E-state index in [0.717, 1.165) is 35.2 Å². The molecule has 0 spiro atoms. The highest BCUT2D eigenvalue weighted by Crippen LogP contribution is 2.31. The van der Waals surface area contributed by atoms with Crippen molar-refractivity contribution in [2.45, 2.75) is 31.9 Å². The van der Waals surface area contributed by atoms with Crippen molar-refractivity contribution in [2.24, 2.45) is 5.73 Å². The number of benzene rings is 1. The summed E-state index contributed by atoms with van der Waals surface area (Å²) in [5.41, 5.74) is 7.30. The number of ether oxygens (including phenoxy) is 2. The van der Waals surface area contributed by atoms with Crippen LogP contribution in [0.5, 0.6) is 5.75 Å². The summed E-state index contributed by atoms with van der Waals surface area (Å²) in [4.78, 5) is 0. The van der Waals surface area contributed by atoms with E-state index in [4.69, 9.17) is 15.2 Å². The van der Waals surface area contributed by atoms with Crippen molar-refractivity contribution in [3.05, 3.63) is 28.2 Å². The summed E-state index contributed by atoms with van der Waals surface area (Å²) < 4.78 is 12.0. The number of hydrogen-bond acceptors (Lipinski definition) is 3. The van der Waals surface area contributed by atoms with Crippen LogP contribution in [0.4, 0.5) is 0 Å². The minimum atomic E-state index is -0.0514. The maximum absolute atomic E-state index is 6.21. The third kappa shape index (κ3) is 3.00. The summed E-state index contributed by atoms with van der Waals surface area (Å²) in [5, 5.41) is 0. The van der Waals surface area contributed by atoms with Gasteiger partial charge in [-0.25, -0.2) is 0 Å². The van der Waals surface area contributed by atoms with E-state index in [-0.39, 0.29) is 12.1 Å². The fourth-order valence-electron chi connectivity index (χ4n) is 2.10. The van der Waals surface area contributed by atoms with Gasteiger partial charge in [-0.15, -0.1) is 0 Å². The van der Waals surface area contributed by atoms with Gasteiger partial charge in [-0.3, -0.25) is 0 Å². The number of halogens is 1. The molecule has 1 fully saturated rings. The van der Waals surface area contributed by atoms with Crippen molar-refractivity contribution in [3.8, 4) is 5.75 Å². The molecule has 3 nitrogen and oxygen atoms in total. The van der Waals surface area contributed by atoms with Crippen LogP contribution in [0.2, 0.25) is 0 Å². The Labute approximate surface area is 110 Å². The lowest BCUT2D eigenvalue weighted by Gasteiger charge is -2.19. The zero-order valence-corrected chi connectivity index (χ0v) is 11.6. The molecule has 2 rings (SSSR count). The average Bonchev–Trinajstić information content (AvgIpc) is 2.84. The second-order valence-electron chi connectivity index (χ2n) is 4.20. The lowest BCUT2D eigenvalue weighted by Crippen LogP contribution is -2.25. The summed E-state index contributed by atoms with van der Waals surface area (Å²) in [7, 11) is 0. The van der Waals surface area contributed by atoms with Gasteiger partial charge in [0.05, 0.1) is 23.2 Å². The third-order valence-electron chi connectivity index (χ3n) is 3.01. The van der Waals surface area contributed by atoms with E-state index in [9.17, 15) is 0 Å². The summed E-state index contributed by atoms with van der Waals surface area (Å²) >= 11 is 3.50. The first-order valence-corrected chi connectivity index (χ1v) is 6.81. The van der Waals surface area contributed by atoms with Crippen molar-refractivity contribution >= 4 is 15.9 Å². The van der Waals surface area contributed by atoms with Gasteiger partial charge in [0.2, 0.25) is 0 Å². The second-order valence-corrected chi connectivity index (χ2v) is 5.05. The Balaban J connectivity index is 2.12. The molecule has 1 heterocycles. The Morgan fingerprint density at radius 2 is 2.41 bits per heavy atom. The van der Waals surface area contributed by atoms with Gasteiger partial charge in [0.15, 0.2) is 0 Å². The maximum Gasteiger partial charge on any atom is 0.133 e. The van der Waals surface area contributed by atoms with Gasteiger partial charge >= 0.3 is 0 Å². The standard InChI is InChI=1S/C13H18BrNO2/c1-2-16-11-6-5-9(8-10(11)14)13(15)12-4-3-7-17-12/h5-6,8,12-13H,2-4,7,15H2,1H3. The highest BCUT2D eigenvalue weighted by Gasteiger charge is 2.24. The van der Waals surface area contributed by atoms with Crippen LogP contribution >= 0.6 is 15.9 Å². The Kier molecular flexibility index (Phi) is 4.42.